The van der Waals surface area contributed by atoms with Crippen LogP contribution in [0.15, 0.2) is 18.2 Å². The number of cyclic esters (lactones) is 1. The summed E-state index contributed by atoms with van der Waals surface area (Å²) in [7, 11) is 0. The minimum Gasteiger partial charge on any atom is -0.507 e. The number of hydrogen-bond acceptors (Lipinski definition) is 3. The Morgan fingerprint density at radius 3 is 2.94 bits per heavy atom. The normalized spacial score (nSPS) is 18.3. The zero-order valence-corrected chi connectivity index (χ0v) is 8.78. The van der Waals surface area contributed by atoms with Crippen LogP contribution in [0, 0.1) is 0 Å². The van der Waals surface area contributed by atoms with E-state index in [0.29, 0.717) is 24.8 Å². The van der Waals surface area contributed by atoms with Crippen LogP contribution >= 0.6 is 0 Å². The summed E-state index contributed by atoms with van der Waals surface area (Å²) < 4.78 is 17.1. The first-order valence-corrected chi connectivity index (χ1v) is 5.33. The smallest absolute Gasteiger partial charge is 0.342 e. The predicted molar refractivity (Wildman–Crippen MR) is 56.1 cm³/mol. The second kappa shape index (κ2) is 4.51. The molecule has 0 saturated heterocycles. The standard InChI is InChI=1S/C12H13FO3/c13-7-2-1-6-10-8-4-3-5-9(14)11(8)12(15)16-10/h3-5,10,14H,1-2,6-7H2. The number of ether oxygens (including phenoxy) is 1. The molecule has 1 aromatic rings. The molecule has 0 spiro atoms. The van der Waals surface area contributed by atoms with Crippen molar-refractivity contribution in [2.24, 2.45) is 0 Å². The van der Waals surface area contributed by atoms with Crippen LogP contribution in [0.3, 0.4) is 0 Å². The first-order chi connectivity index (χ1) is 7.74. The molecule has 4 heteroatoms. The molecule has 1 aliphatic heterocycles. The van der Waals surface area contributed by atoms with Crippen molar-refractivity contribution in [2.45, 2.75) is 25.4 Å². The molecule has 0 saturated carbocycles. The highest BCUT2D eigenvalue weighted by Crippen LogP contribution is 2.38. The van der Waals surface area contributed by atoms with Gasteiger partial charge >= 0.3 is 5.97 Å². The van der Waals surface area contributed by atoms with Crippen LogP contribution in [0.25, 0.3) is 0 Å². The number of alkyl halides is 1. The number of phenols is 1. The molecule has 0 bridgehead atoms. The van der Waals surface area contributed by atoms with E-state index in [2.05, 4.69) is 0 Å². The Morgan fingerprint density at radius 2 is 2.19 bits per heavy atom. The van der Waals surface area contributed by atoms with Crippen LogP contribution in [-0.2, 0) is 4.74 Å². The van der Waals surface area contributed by atoms with E-state index in [0.717, 1.165) is 0 Å². The van der Waals surface area contributed by atoms with Crippen molar-refractivity contribution in [1.29, 1.82) is 0 Å². The number of aromatic hydroxyl groups is 1. The van der Waals surface area contributed by atoms with Crippen molar-refractivity contribution in [3.8, 4) is 5.75 Å². The van der Waals surface area contributed by atoms with Gasteiger partial charge in [-0.1, -0.05) is 12.1 Å². The van der Waals surface area contributed by atoms with Gasteiger partial charge in [-0.3, -0.25) is 4.39 Å². The van der Waals surface area contributed by atoms with Gasteiger partial charge in [-0.15, -0.1) is 0 Å². The maximum Gasteiger partial charge on any atom is 0.342 e. The van der Waals surface area contributed by atoms with Gasteiger partial charge in [-0.05, 0) is 25.3 Å². The fourth-order valence-corrected chi connectivity index (χ4v) is 1.94. The SMILES string of the molecule is O=C1OC(CCCCF)c2cccc(O)c21. The van der Waals surface area contributed by atoms with Gasteiger partial charge in [0.05, 0.1) is 6.67 Å². The molecule has 0 aromatic heterocycles. The van der Waals surface area contributed by atoms with Crippen LogP contribution in [-0.4, -0.2) is 17.8 Å². The number of rotatable bonds is 4. The Kier molecular flexibility index (Phi) is 3.08. The third-order valence-corrected chi connectivity index (χ3v) is 2.72. The molecule has 1 atom stereocenters. The second-order valence-electron chi connectivity index (χ2n) is 3.82. The quantitative estimate of drug-likeness (QED) is 0.631. The Morgan fingerprint density at radius 1 is 1.38 bits per heavy atom. The molecule has 86 valence electrons. The van der Waals surface area contributed by atoms with Gasteiger partial charge in [0.2, 0.25) is 0 Å². The lowest BCUT2D eigenvalue weighted by Gasteiger charge is -2.09. The average Bonchev–Trinajstić information content (AvgIpc) is 2.58. The first-order valence-electron chi connectivity index (χ1n) is 5.33. The molecule has 1 N–H and O–H groups in total. The van der Waals surface area contributed by atoms with Crippen molar-refractivity contribution in [3.05, 3.63) is 29.3 Å². The number of carbonyl (C=O) groups excluding carboxylic acids is 1. The lowest BCUT2D eigenvalue weighted by molar-refractivity contribution is 0.0361. The summed E-state index contributed by atoms with van der Waals surface area (Å²) in [6, 6.07) is 4.91. The molecule has 1 heterocycles. The summed E-state index contributed by atoms with van der Waals surface area (Å²) in [5.41, 5.74) is 0.969. The van der Waals surface area contributed by atoms with Crippen molar-refractivity contribution in [1.82, 2.24) is 0 Å². The van der Waals surface area contributed by atoms with Gasteiger partial charge in [0, 0.05) is 5.56 Å². The number of benzene rings is 1. The minimum atomic E-state index is -0.488. The van der Waals surface area contributed by atoms with Crippen LogP contribution in [0.5, 0.6) is 5.75 Å². The third-order valence-electron chi connectivity index (χ3n) is 2.72. The molecular weight excluding hydrogens is 211 g/mol. The van der Waals surface area contributed by atoms with Crippen LogP contribution in [0.1, 0.15) is 41.3 Å². The lowest BCUT2D eigenvalue weighted by atomic mass is 10.0. The molecule has 0 fully saturated rings. The van der Waals surface area contributed by atoms with Gasteiger partial charge in [0.15, 0.2) is 0 Å². The summed E-state index contributed by atoms with van der Waals surface area (Å²) in [5.74, 6) is -0.533. The Bertz CT molecular complexity index is 403. The van der Waals surface area contributed by atoms with Crippen molar-refractivity contribution in [2.75, 3.05) is 6.67 Å². The number of hydrogen-bond donors (Lipinski definition) is 1. The largest absolute Gasteiger partial charge is 0.507 e. The van der Waals surface area contributed by atoms with E-state index in [1.165, 1.54) is 6.07 Å². The topological polar surface area (TPSA) is 46.5 Å². The minimum absolute atomic E-state index is 0.0458. The van der Waals surface area contributed by atoms with Gasteiger partial charge in [-0.2, -0.15) is 0 Å². The van der Waals surface area contributed by atoms with E-state index in [9.17, 15) is 14.3 Å². The van der Waals surface area contributed by atoms with Crippen LogP contribution in [0.4, 0.5) is 4.39 Å². The molecule has 1 unspecified atom stereocenters. The van der Waals surface area contributed by atoms with E-state index >= 15 is 0 Å². The summed E-state index contributed by atoms with van der Waals surface area (Å²) in [4.78, 5) is 11.5. The summed E-state index contributed by atoms with van der Waals surface area (Å²) >= 11 is 0. The lowest BCUT2D eigenvalue weighted by Crippen LogP contribution is -1.98. The Labute approximate surface area is 92.9 Å². The van der Waals surface area contributed by atoms with Crippen LogP contribution in [0.2, 0.25) is 0 Å². The fraction of sp³-hybridized carbons (Fsp3) is 0.417. The Hall–Kier alpha value is -1.58. The van der Waals surface area contributed by atoms with E-state index in [1.807, 2.05) is 0 Å². The van der Waals surface area contributed by atoms with E-state index in [4.69, 9.17) is 4.74 Å². The molecule has 1 aliphatic rings. The predicted octanol–water partition coefficient (Wildman–Crippen LogP) is 2.74. The fourth-order valence-electron chi connectivity index (χ4n) is 1.94. The van der Waals surface area contributed by atoms with Gasteiger partial charge < -0.3 is 9.84 Å². The summed E-state index contributed by atoms with van der Waals surface area (Å²) in [6.07, 6.45) is 1.42. The summed E-state index contributed by atoms with van der Waals surface area (Å²) in [6.45, 7) is -0.354. The number of unbranched alkanes of at least 4 members (excludes halogenated alkanes) is 1. The number of fused-ring (bicyclic) bond motifs is 1. The molecular formula is C12H13FO3. The van der Waals surface area contributed by atoms with Gasteiger partial charge in [0.1, 0.15) is 17.4 Å². The molecule has 0 aliphatic carbocycles. The molecule has 1 aromatic carbocycles. The molecule has 0 radical (unpaired) electrons. The monoisotopic (exact) mass is 224 g/mol. The second-order valence-corrected chi connectivity index (χ2v) is 3.82. The summed E-state index contributed by atoms with van der Waals surface area (Å²) in [5, 5.41) is 9.53. The molecule has 0 amide bonds. The zero-order valence-electron chi connectivity index (χ0n) is 8.78. The average molecular weight is 224 g/mol. The highest BCUT2D eigenvalue weighted by molar-refractivity contribution is 5.96. The Balaban J connectivity index is 2.16. The maximum atomic E-state index is 12.0. The third kappa shape index (κ3) is 1.87. The van der Waals surface area contributed by atoms with Gasteiger partial charge in [0.25, 0.3) is 0 Å². The maximum absolute atomic E-state index is 12.0. The molecule has 3 nitrogen and oxygen atoms in total. The van der Waals surface area contributed by atoms with Crippen LogP contribution < -0.4 is 0 Å². The zero-order chi connectivity index (χ0) is 11.5. The van der Waals surface area contributed by atoms with Crippen molar-refractivity contribution >= 4 is 5.97 Å². The highest BCUT2D eigenvalue weighted by atomic mass is 19.1. The van der Waals surface area contributed by atoms with Crippen molar-refractivity contribution in [3.63, 3.8) is 0 Å². The van der Waals surface area contributed by atoms with E-state index < -0.39 is 5.97 Å². The number of phenolic OH excluding ortho intramolecular Hbond substituents is 1. The molecule has 2 rings (SSSR count). The number of carbonyl (C=O) groups is 1. The highest BCUT2D eigenvalue weighted by Gasteiger charge is 2.32. The van der Waals surface area contributed by atoms with Crippen molar-refractivity contribution < 1.29 is 19.0 Å². The number of halogens is 1. The van der Waals surface area contributed by atoms with E-state index in [1.54, 1.807) is 12.1 Å². The molecule has 16 heavy (non-hydrogen) atoms. The van der Waals surface area contributed by atoms with E-state index in [-0.39, 0.29) is 24.1 Å². The number of esters is 1. The first kappa shape index (κ1) is 10.9. The van der Waals surface area contributed by atoms with Gasteiger partial charge in [-0.25, -0.2) is 4.79 Å².